The minimum Gasteiger partial charge on any atom is -0.366 e. The highest BCUT2D eigenvalue weighted by Gasteiger charge is 2.35. The Labute approximate surface area is 186 Å². The average molecular weight is 450 g/mol. The molecule has 2 unspecified atom stereocenters. The lowest BCUT2D eigenvalue weighted by molar-refractivity contribution is -0.137. The number of aromatic nitrogens is 2. The van der Waals surface area contributed by atoms with Crippen LogP contribution in [0.2, 0.25) is 0 Å². The predicted molar refractivity (Wildman–Crippen MR) is 117 cm³/mol. The standard InChI is InChI=1S/C23H30F3N5O/c1-16-8-9-30(27-16)22(32)29-12-10-28(11-13-29)15-19-6-7-20(23(24,25)26)14-21(19)31-17(2)4-5-18(31)3/h6-9,14,17-18H,4-5,10-13,15H2,1-3H3. The fraction of sp³-hybridized carbons (Fsp3) is 0.565. The molecule has 0 radical (unpaired) electrons. The van der Waals surface area contributed by atoms with Gasteiger partial charge in [-0.15, -0.1) is 0 Å². The van der Waals surface area contributed by atoms with Gasteiger partial charge in [0.25, 0.3) is 0 Å². The van der Waals surface area contributed by atoms with Gasteiger partial charge in [-0.2, -0.15) is 23.0 Å². The molecule has 3 heterocycles. The van der Waals surface area contributed by atoms with Crippen LogP contribution in [0.4, 0.5) is 23.7 Å². The second-order valence-corrected chi connectivity index (χ2v) is 8.97. The number of carbonyl (C=O) groups excluding carboxylic acids is 1. The number of amides is 1. The number of rotatable bonds is 3. The molecule has 4 rings (SSSR count). The number of anilines is 1. The molecule has 9 heteroatoms. The maximum Gasteiger partial charge on any atom is 0.416 e. The van der Waals surface area contributed by atoms with E-state index in [4.69, 9.17) is 0 Å². The molecule has 0 saturated carbocycles. The van der Waals surface area contributed by atoms with E-state index in [2.05, 4.69) is 28.7 Å². The van der Waals surface area contributed by atoms with E-state index in [-0.39, 0.29) is 18.1 Å². The van der Waals surface area contributed by atoms with Gasteiger partial charge in [0.2, 0.25) is 0 Å². The van der Waals surface area contributed by atoms with E-state index in [0.29, 0.717) is 38.4 Å². The van der Waals surface area contributed by atoms with Crippen LogP contribution in [-0.2, 0) is 12.7 Å². The molecular weight excluding hydrogens is 419 g/mol. The van der Waals surface area contributed by atoms with Crippen LogP contribution in [0.25, 0.3) is 0 Å². The van der Waals surface area contributed by atoms with Crippen LogP contribution in [0.3, 0.4) is 0 Å². The molecule has 1 amide bonds. The van der Waals surface area contributed by atoms with Crippen molar-refractivity contribution in [2.75, 3.05) is 31.1 Å². The Hall–Kier alpha value is -2.55. The van der Waals surface area contributed by atoms with Gasteiger partial charge in [-0.3, -0.25) is 4.90 Å². The molecule has 0 aliphatic carbocycles. The fourth-order valence-corrected chi connectivity index (χ4v) is 4.79. The van der Waals surface area contributed by atoms with Gasteiger partial charge < -0.3 is 9.80 Å². The molecule has 6 nitrogen and oxygen atoms in total. The molecule has 1 aromatic heterocycles. The van der Waals surface area contributed by atoms with Crippen molar-refractivity contribution in [3.05, 3.63) is 47.3 Å². The van der Waals surface area contributed by atoms with Crippen molar-refractivity contribution in [3.63, 3.8) is 0 Å². The maximum absolute atomic E-state index is 13.4. The Morgan fingerprint density at radius 1 is 1.06 bits per heavy atom. The Balaban J connectivity index is 1.49. The zero-order valence-corrected chi connectivity index (χ0v) is 18.8. The Kier molecular flexibility index (Phi) is 6.20. The zero-order chi connectivity index (χ0) is 23.0. The normalized spacial score (nSPS) is 22.6. The van der Waals surface area contributed by atoms with Gasteiger partial charge >= 0.3 is 12.2 Å². The summed E-state index contributed by atoms with van der Waals surface area (Å²) in [6, 6.07) is 6.18. The first-order chi connectivity index (χ1) is 15.1. The summed E-state index contributed by atoms with van der Waals surface area (Å²) in [5.41, 5.74) is 1.77. The van der Waals surface area contributed by atoms with Gasteiger partial charge in [0.15, 0.2) is 0 Å². The molecule has 2 atom stereocenters. The second kappa shape index (κ2) is 8.77. The highest BCUT2D eigenvalue weighted by atomic mass is 19.4. The van der Waals surface area contributed by atoms with Crippen LogP contribution >= 0.6 is 0 Å². The topological polar surface area (TPSA) is 44.6 Å². The van der Waals surface area contributed by atoms with E-state index in [0.717, 1.165) is 24.1 Å². The van der Waals surface area contributed by atoms with Crippen molar-refractivity contribution in [1.82, 2.24) is 19.6 Å². The minimum absolute atomic E-state index is 0.146. The molecule has 0 spiro atoms. The Morgan fingerprint density at radius 3 is 2.28 bits per heavy atom. The molecule has 2 fully saturated rings. The van der Waals surface area contributed by atoms with Gasteiger partial charge in [-0.25, -0.2) is 4.79 Å². The molecule has 0 N–H and O–H groups in total. The monoisotopic (exact) mass is 449 g/mol. The zero-order valence-electron chi connectivity index (χ0n) is 18.8. The summed E-state index contributed by atoms with van der Waals surface area (Å²) in [6.45, 7) is 9.01. The van der Waals surface area contributed by atoms with Gasteiger partial charge in [0.05, 0.1) is 11.3 Å². The summed E-state index contributed by atoms with van der Waals surface area (Å²) in [6.07, 6.45) is -0.748. The van der Waals surface area contributed by atoms with Crippen LogP contribution in [0.1, 0.15) is 43.5 Å². The highest BCUT2D eigenvalue weighted by Crippen LogP contribution is 2.38. The first-order valence-electron chi connectivity index (χ1n) is 11.2. The molecule has 1 aromatic carbocycles. The van der Waals surface area contributed by atoms with Crippen LogP contribution in [0.15, 0.2) is 30.5 Å². The third-order valence-corrected chi connectivity index (χ3v) is 6.60. The number of carbonyl (C=O) groups is 1. The largest absolute Gasteiger partial charge is 0.416 e. The fourth-order valence-electron chi connectivity index (χ4n) is 4.79. The summed E-state index contributed by atoms with van der Waals surface area (Å²) >= 11 is 0. The third kappa shape index (κ3) is 4.62. The van der Waals surface area contributed by atoms with Crippen LogP contribution < -0.4 is 4.90 Å². The van der Waals surface area contributed by atoms with E-state index >= 15 is 0 Å². The van der Waals surface area contributed by atoms with Crippen molar-refractivity contribution in [1.29, 1.82) is 0 Å². The maximum atomic E-state index is 13.4. The molecule has 2 aliphatic rings. The van der Waals surface area contributed by atoms with E-state index in [1.165, 1.54) is 16.8 Å². The molecule has 2 aromatic rings. The molecule has 2 aliphatic heterocycles. The van der Waals surface area contributed by atoms with Crippen LogP contribution in [0.5, 0.6) is 0 Å². The number of hydrogen-bond donors (Lipinski definition) is 0. The average Bonchev–Trinajstić information content (AvgIpc) is 3.33. The van der Waals surface area contributed by atoms with E-state index in [1.54, 1.807) is 23.2 Å². The molecular formula is C23H30F3N5O. The third-order valence-electron chi connectivity index (χ3n) is 6.60. The quantitative estimate of drug-likeness (QED) is 0.698. The number of piperazine rings is 1. The second-order valence-electron chi connectivity index (χ2n) is 8.97. The number of alkyl halides is 3. The SMILES string of the molecule is Cc1ccn(C(=O)N2CCN(Cc3ccc(C(F)(F)F)cc3N3C(C)CCC3C)CC2)n1. The number of benzene rings is 1. The highest BCUT2D eigenvalue weighted by molar-refractivity contribution is 5.76. The van der Waals surface area contributed by atoms with Gasteiger partial charge in [-0.05, 0) is 57.4 Å². The minimum atomic E-state index is -4.36. The molecule has 2 saturated heterocycles. The molecule has 174 valence electrons. The number of nitrogens with zero attached hydrogens (tertiary/aromatic N) is 5. The van der Waals surface area contributed by atoms with Crippen molar-refractivity contribution < 1.29 is 18.0 Å². The van der Waals surface area contributed by atoms with Gasteiger partial charge in [0, 0.05) is 56.7 Å². The summed E-state index contributed by atoms with van der Waals surface area (Å²) < 4.78 is 41.6. The van der Waals surface area contributed by atoms with Gasteiger partial charge in [-0.1, -0.05) is 6.07 Å². The lowest BCUT2D eigenvalue weighted by atomic mass is 10.0. The summed E-state index contributed by atoms with van der Waals surface area (Å²) in [5.74, 6) is 0. The lowest BCUT2D eigenvalue weighted by Gasteiger charge is -2.36. The van der Waals surface area contributed by atoms with Gasteiger partial charge in [0.1, 0.15) is 0 Å². The summed E-state index contributed by atoms with van der Waals surface area (Å²) in [7, 11) is 0. The van der Waals surface area contributed by atoms with Crippen molar-refractivity contribution in [3.8, 4) is 0 Å². The van der Waals surface area contributed by atoms with E-state index in [1.807, 2.05) is 6.92 Å². The lowest BCUT2D eigenvalue weighted by Crippen LogP contribution is -2.49. The summed E-state index contributed by atoms with van der Waals surface area (Å²) in [4.78, 5) is 18.7. The van der Waals surface area contributed by atoms with Crippen molar-refractivity contribution >= 4 is 11.7 Å². The first-order valence-corrected chi connectivity index (χ1v) is 11.2. The summed E-state index contributed by atoms with van der Waals surface area (Å²) in [5, 5.41) is 4.18. The predicted octanol–water partition coefficient (Wildman–Crippen LogP) is 4.37. The van der Waals surface area contributed by atoms with E-state index in [9.17, 15) is 18.0 Å². The van der Waals surface area contributed by atoms with E-state index < -0.39 is 11.7 Å². The Morgan fingerprint density at radius 2 is 1.72 bits per heavy atom. The molecule has 0 bridgehead atoms. The Bertz CT molecular complexity index is 955. The first kappa shape index (κ1) is 22.6. The number of halogens is 3. The van der Waals surface area contributed by atoms with Crippen molar-refractivity contribution in [2.24, 2.45) is 0 Å². The smallest absolute Gasteiger partial charge is 0.366 e. The number of hydrogen-bond acceptors (Lipinski definition) is 4. The van der Waals surface area contributed by atoms with Crippen molar-refractivity contribution in [2.45, 2.75) is 58.4 Å². The van der Waals surface area contributed by atoms with Crippen LogP contribution in [-0.4, -0.2) is 63.9 Å². The molecule has 32 heavy (non-hydrogen) atoms. The number of aryl methyl sites for hydroxylation is 1. The van der Waals surface area contributed by atoms with Crippen LogP contribution in [0, 0.1) is 6.92 Å².